The van der Waals surface area contributed by atoms with Gasteiger partial charge in [-0.2, -0.15) is 0 Å². The largest absolute Gasteiger partial charge is 0.350 e. The SMILES string of the molecule is Cc1ccnc(Nc2ncc(Sc3ccnc(C(=O)NCC4(c5ccccc5)CCN(C(=O)[C@@H](N)C(C)C)CC4)c3F)s2)c1. The molecule has 1 atom stereocenters. The van der Waals surface area contributed by atoms with E-state index in [0.29, 0.717) is 36.9 Å². The second-order valence-electron chi connectivity index (χ2n) is 11.3. The molecule has 4 heterocycles. The van der Waals surface area contributed by atoms with Crippen molar-refractivity contribution in [3.8, 4) is 0 Å². The lowest BCUT2D eigenvalue weighted by Crippen LogP contribution is -2.54. The van der Waals surface area contributed by atoms with Crippen LogP contribution in [0.15, 0.2) is 76.2 Å². The van der Waals surface area contributed by atoms with Gasteiger partial charge in [0.1, 0.15) is 5.82 Å². The van der Waals surface area contributed by atoms with E-state index in [-0.39, 0.29) is 29.0 Å². The topological polar surface area (TPSA) is 126 Å². The van der Waals surface area contributed by atoms with Gasteiger partial charge in [-0.3, -0.25) is 9.59 Å². The molecule has 1 aliphatic rings. The fraction of sp³-hybridized carbons (Fsp3) is 0.344. The molecule has 44 heavy (non-hydrogen) atoms. The van der Waals surface area contributed by atoms with Gasteiger partial charge < -0.3 is 21.3 Å². The first-order valence-corrected chi connectivity index (χ1v) is 16.1. The predicted molar refractivity (Wildman–Crippen MR) is 172 cm³/mol. The number of piperidine rings is 1. The van der Waals surface area contributed by atoms with Crippen LogP contribution in [-0.4, -0.2) is 57.3 Å². The zero-order valence-electron chi connectivity index (χ0n) is 24.9. The summed E-state index contributed by atoms with van der Waals surface area (Å²) in [5, 5.41) is 6.75. The molecule has 4 N–H and O–H groups in total. The number of hydrogen-bond donors (Lipinski definition) is 3. The zero-order chi connectivity index (χ0) is 31.3. The van der Waals surface area contributed by atoms with Gasteiger partial charge in [-0.15, -0.1) is 0 Å². The number of carbonyl (C=O) groups is 2. The maximum atomic E-state index is 15.6. The van der Waals surface area contributed by atoms with E-state index in [4.69, 9.17) is 5.73 Å². The van der Waals surface area contributed by atoms with Crippen LogP contribution in [0.2, 0.25) is 0 Å². The predicted octanol–water partition coefficient (Wildman–Crippen LogP) is 5.55. The van der Waals surface area contributed by atoms with Crippen molar-refractivity contribution in [1.82, 2.24) is 25.2 Å². The highest BCUT2D eigenvalue weighted by Crippen LogP contribution is 2.37. The van der Waals surface area contributed by atoms with Crippen molar-refractivity contribution in [2.75, 3.05) is 25.0 Å². The number of aryl methyl sites for hydroxylation is 1. The molecular weight excluding hydrogens is 598 g/mol. The van der Waals surface area contributed by atoms with Crippen LogP contribution in [0.3, 0.4) is 0 Å². The number of nitrogens with zero attached hydrogens (tertiary/aromatic N) is 4. The van der Waals surface area contributed by atoms with E-state index >= 15 is 4.39 Å². The lowest BCUT2D eigenvalue weighted by Gasteiger charge is -2.43. The molecule has 0 unspecified atom stereocenters. The Balaban J connectivity index is 1.27. The van der Waals surface area contributed by atoms with E-state index in [9.17, 15) is 9.59 Å². The summed E-state index contributed by atoms with van der Waals surface area (Å²) in [6, 6.07) is 14.8. The highest BCUT2D eigenvalue weighted by molar-refractivity contribution is 8.01. The van der Waals surface area contributed by atoms with Crippen LogP contribution < -0.4 is 16.4 Å². The van der Waals surface area contributed by atoms with Gasteiger partial charge in [0.05, 0.1) is 21.3 Å². The number of nitrogens with one attached hydrogen (secondary N) is 2. The van der Waals surface area contributed by atoms with E-state index in [2.05, 4.69) is 25.6 Å². The summed E-state index contributed by atoms with van der Waals surface area (Å²) in [6.45, 7) is 7.18. The number of anilines is 2. The first kappa shape index (κ1) is 31.6. The number of hydrogen-bond acceptors (Lipinski definition) is 9. The molecule has 9 nitrogen and oxygen atoms in total. The number of carbonyl (C=O) groups excluding carboxylic acids is 2. The van der Waals surface area contributed by atoms with E-state index in [1.807, 2.05) is 68.1 Å². The number of benzene rings is 1. The summed E-state index contributed by atoms with van der Waals surface area (Å²) in [5.41, 5.74) is 7.59. The Morgan fingerprint density at radius 1 is 1.09 bits per heavy atom. The van der Waals surface area contributed by atoms with Crippen molar-refractivity contribution in [3.05, 3.63) is 89.8 Å². The average Bonchev–Trinajstić information content (AvgIpc) is 3.47. The Kier molecular flexibility index (Phi) is 9.92. The Morgan fingerprint density at radius 2 is 1.82 bits per heavy atom. The summed E-state index contributed by atoms with van der Waals surface area (Å²) in [5.74, 6) is -0.603. The minimum Gasteiger partial charge on any atom is -0.350 e. The first-order chi connectivity index (χ1) is 21.1. The van der Waals surface area contributed by atoms with E-state index in [1.165, 1.54) is 29.3 Å². The van der Waals surface area contributed by atoms with Crippen LogP contribution in [0.1, 0.15) is 48.3 Å². The van der Waals surface area contributed by atoms with Crippen LogP contribution in [0, 0.1) is 18.7 Å². The van der Waals surface area contributed by atoms with Gasteiger partial charge >= 0.3 is 0 Å². The second-order valence-corrected chi connectivity index (χ2v) is 13.7. The molecule has 230 valence electrons. The smallest absolute Gasteiger partial charge is 0.273 e. The minimum absolute atomic E-state index is 0.0460. The maximum absolute atomic E-state index is 15.6. The van der Waals surface area contributed by atoms with Gasteiger partial charge in [-0.25, -0.2) is 19.3 Å². The van der Waals surface area contributed by atoms with Crippen LogP contribution in [-0.2, 0) is 10.2 Å². The number of likely N-dealkylation sites (tertiary alicyclic amines) is 1. The Labute approximate surface area is 264 Å². The summed E-state index contributed by atoms with van der Waals surface area (Å²) in [4.78, 5) is 41.1. The molecule has 3 aromatic heterocycles. The summed E-state index contributed by atoms with van der Waals surface area (Å²) in [6.07, 6.45) is 6.09. The third kappa shape index (κ3) is 7.25. The van der Waals surface area contributed by atoms with Gasteiger partial charge in [0, 0.05) is 37.4 Å². The lowest BCUT2D eigenvalue weighted by atomic mass is 9.72. The van der Waals surface area contributed by atoms with Gasteiger partial charge in [-0.05, 0) is 55.0 Å². The zero-order valence-corrected chi connectivity index (χ0v) is 26.6. The number of thiazole rings is 1. The monoisotopic (exact) mass is 633 g/mol. The van der Waals surface area contributed by atoms with E-state index in [1.54, 1.807) is 18.5 Å². The summed E-state index contributed by atoms with van der Waals surface area (Å²) < 4.78 is 16.4. The lowest BCUT2D eigenvalue weighted by molar-refractivity contribution is -0.135. The van der Waals surface area contributed by atoms with Gasteiger partial charge in [0.2, 0.25) is 5.91 Å². The third-order valence-corrected chi connectivity index (χ3v) is 9.97. The Hall–Kier alpha value is -3.87. The van der Waals surface area contributed by atoms with Crippen molar-refractivity contribution in [2.45, 2.75) is 54.2 Å². The van der Waals surface area contributed by atoms with Gasteiger partial charge in [0.15, 0.2) is 16.6 Å². The molecular formula is C32H36FN7O2S2. The maximum Gasteiger partial charge on any atom is 0.273 e. The molecule has 2 amide bonds. The van der Waals surface area contributed by atoms with Crippen LogP contribution in [0.25, 0.3) is 0 Å². The van der Waals surface area contributed by atoms with Crippen LogP contribution in [0.4, 0.5) is 15.3 Å². The number of pyridine rings is 2. The molecule has 0 saturated carbocycles. The normalized spacial score (nSPS) is 15.2. The molecule has 0 radical (unpaired) electrons. The third-order valence-electron chi connectivity index (χ3n) is 7.92. The Bertz CT molecular complexity index is 1610. The van der Waals surface area contributed by atoms with E-state index < -0.39 is 23.2 Å². The minimum atomic E-state index is -0.685. The van der Waals surface area contributed by atoms with Crippen molar-refractivity contribution in [2.24, 2.45) is 11.7 Å². The molecule has 12 heteroatoms. The number of rotatable bonds is 10. The molecule has 1 saturated heterocycles. The van der Waals surface area contributed by atoms with E-state index in [0.717, 1.165) is 15.3 Å². The van der Waals surface area contributed by atoms with Gasteiger partial charge in [0.25, 0.3) is 5.91 Å². The fourth-order valence-electron chi connectivity index (χ4n) is 5.19. The van der Waals surface area contributed by atoms with Crippen molar-refractivity contribution >= 4 is 45.9 Å². The van der Waals surface area contributed by atoms with Gasteiger partial charge in [-0.1, -0.05) is 67.3 Å². The first-order valence-electron chi connectivity index (χ1n) is 14.5. The van der Waals surface area contributed by atoms with Crippen molar-refractivity contribution in [1.29, 1.82) is 0 Å². The summed E-state index contributed by atoms with van der Waals surface area (Å²) >= 11 is 2.54. The van der Waals surface area contributed by atoms with Crippen molar-refractivity contribution < 1.29 is 14.0 Å². The van der Waals surface area contributed by atoms with Crippen LogP contribution >= 0.6 is 23.1 Å². The molecule has 4 aromatic rings. The molecule has 5 rings (SSSR count). The molecule has 0 spiro atoms. The number of aromatic nitrogens is 3. The standard InChI is InChI=1S/C32H36FN7O2S2/c1-20(2)27(34)30(42)40-15-11-32(12-16-40,22-7-5-4-6-8-22)19-38-29(41)28-26(33)23(10-14-36-28)43-25-18-37-31(44-25)39-24-17-21(3)9-13-35-24/h4-10,13-14,17-18,20,27H,11-12,15-16,19,34H2,1-3H3,(H,38,41)(H,35,37,39)/t27-/m0/s1. The highest BCUT2D eigenvalue weighted by Gasteiger charge is 2.39. The molecule has 1 aromatic carbocycles. The molecule has 1 fully saturated rings. The summed E-state index contributed by atoms with van der Waals surface area (Å²) in [7, 11) is 0. The fourth-order valence-corrected chi connectivity index (χ4v) is 7.06. The molecule has 1 aliphatic heterocycles. The second kappa shape index (κ2) is 13.8. The Morgan fingerprint density at radius 3 is 2.52 bits per heavy atom. The average molecular weight is 634 g/mol. The molecule has 0 aliphatic carbocycles. The number of halogens is 1. The highest BCUT2D eigenvalue weighted by atomic mass is 32.2. The number of nitrogens with two attached hydrogens (primary N) is 1. The van der Waals surface area contributed by atoms with Crippen molar-refractivity contribution in [3.63, 3.8) is 0 Å². The van der Waals surface area contributed by atoms with Crippen LogP contribution in [0.5, 0.6) is 0 Å². The molecule has 0 bridgehead atoms. The quantitative estimate of drug-likeness (QED) is 0.208. The number of amides is 2.